The zero-order valence-electron chi connectivity index (χ0n) is 23.8. The molecule has 1 aliphatic carbocycles. The smallest absolute Gasteiger partial charge is 0.256 e. The second-order valence-electron chi connectivity index (χ2n) is 10.4. The molecule has 2 N–H and O–H groups in total. The summed E-state index contributed by atoms with van der Waals surface area (Å²) in [6.45, 7) is 8.84. The largest absolute Gasteiger partial charge is 0.354 e. The second-order valence-corrected chi connectivity index (χ2v) is 10.4. The first kappa shape index (κ1) is 29.2. The van der Waals surface area contributed by atoms with Crippen LogP contribution in [-0.2, 0) is 0 Å². The third-order valence-electron chi connectivity index (χ3n) is 7.51. The van der Waals surface area contributed by atoms with Gasteiger partial charge in [-0.15, -0.1) is 0 Å². The predicted octanol–water partition coefficient (Wildman–Crippen LogP) is 5.21. The maximum Gasteiger partial charge on any atom is 0.256 e. The van der Waals surface area contributed by atoms with Gasteiger partial charge in [0.05, 0.1) is 5.69 Å². The minimum atomic E-state index is -0.945. The summed E-state index contributed by atoms with van der Waals surface area (Å²) in [6.07, 6.45) is 2.50. The van der Waals surface area contributed by atoms with Crippen molar-refractivity contribution in [2.24, 2.45) is 0 Å². The molecule has 5 rings (SSSR count). The Labute approximate surface area is 241 Å². The minimum Gasteiger partial charge on any atom is -0.354 e. The van der Waals surface area contributed by atoms with Crippen molar-refractivity contribution in [2.45, 2.75) is 46.1 Å². The first-order chi connectivity index (χ1) is 20.2. The molecule has 8 nitrogen and oxygen atoms in total. The molecule has 0 spiro atoms. The van der Waals surface area contributed by atoms with E-state index in [0.29, 0.717) is 12.1 Å². The van der Waals surface area contributed by atoms with Crippen LogP contribution in [0.4, 0.5) is 19.1 Å². The molecule has 0 saturated heterocycles. The Morgan fingerprint density at radius 3 is 2.40 bits per heavy atom. The molecule has 2 aromatic heterocycles. The van der Waals surface area contributed by atoms with Crippen molar-refractivity contribution in [1.29, 1.82) is 0 Å². The van der Waals surface area contributed by atoms with Gasteiger partial charge >= 0.3 is 0 Å². The normalized spacial score (nSPS) is 13.1. The number of hydrogen-bond donors (Lipinski definition) is 2. The summed E-state index contributed by atoms with van der Waals surface area (Å²) in [5.41, 5.74) is -0.484. The van der Waals surface area contributed by atoms with Crippen molar-refractivity contribution in [3.8, 4) is 16.9 Å². The lowest BCUT2D eigenvalue weighted by molar-refractivity contribution is 0.0950. The van der Waals surface area contributed by atoms with E-state index < -0.39 is 34.6 Å². The third kappa shape index (κ3) is 6.01. The van der Waals surface area contributed by atoms with E-state index in [1.165, 1.54) is 18.2 Å². The Bertz CT molecular complexity index is 1680. The monoisotopic (exact) mass is 578 g/mol. The molecule has 2 aromatic carbocycles. The number of nitrogens with zero attached hydrogens (tertiary/aromatic N) is 4. The highest BCUT2D eigenvalue weighted by molar-refractivity contribution is 5.98. The highest BCUT2D eigenvalue weighted by Crippen LogP contribution is 2.33. The van der Waals surface area contributed by atoms with E-state index in [1.54, 1.807) is 13.0 Å². The van der Waals surface area contributed by atoms with Crippen molar-refractivity contribution < 1.29 is 18.0 Å². The topological polar surface area (TPSA) is 92.2 Å². The van der Waals surface area contributed by atoms with Crippen molar-refractivity contribution in [1.82, 2.24) is 24.8 Å². The van der Waals surface area contributed by atoms with E-state index in [-0.39, 0.29) is 39.8 Å². The van der Waals surface area contributed by atoms with E-state index in [2.05, 4.69) is 39.3 Å². The summed E-state index contributed by atoms with van der Waals surface area (Å²) in [5, 5.41) is 6.28. The summed E-state index contributed by atoms with van der Waals surface area (Å²) >= 11 is 0. The summed E-state index contributed by atoms with van der Waals surface area (Å²) in [6, 6.07) is 8.71. The van der Waals surface area contributed by atoms with E-state index in [0.717, 1.165) is 61.7 Å². The van der Waals surface area contributed by atoms with Crippen LogP contribution < -0.4 is 16.2 Å². The van der Waals surface area contributed by atoms with Crippen LogP contribution in [0.25, 0.3) is 28.0 Å². The fourth-order valence-corrected chi connectivity index (χ4v) is 4.91. The molecular formula is C31H33F3N6O2. The molecule has 0 bridgehead atoms. The van der Waals surface area contributed by atoms with Crippen molar-refractivity contribution in [2.75, 3.05) is 31.5 Å². The number of carbonyl (C=O) groups excluding carboxylic acids is 1. The van der Waals surface area contributed by atoms with Gasteiger partial charge in [-0.1, -0.05) is 19.9 Å². The van der Waals surface area contributed by atoms with Crippen LogP contribution in [0.1, 0.15) is 49.0 Å². The van der Waals surface area contributed by atoms with E-state index >= 15 is 4.39 Å². The number of para-hydroxylation sites is 1. The Morgan fingerprint density at radius 1 is 1.02 bits per heavy atom. The number of anilines is 1. The van der Waals surface area contributed by atoms with Gasteiger partial charge in [0, 0.05) is 35.2 Å². The van der Waals surface area contributed by atoms with Crippen molar-refractivity contribution >= 4 is 22.9 Å². The number of nitrogens with one attached hydrogen (secondary N) is 2. The standard InChI is InChI=1S/C31H33F3N6O2/c1-4-39(5-2)15-7-14-35-31-37-27(22-16-19(17-25(34)18(22)3)30(42)36-20-10-11-20)21-12-13-26(41)40(29(21)38-31)28-23(32)8-6-9-24(28)33/h6,8-9,12-13,16-17,20H,4-5,7,10-11,14-15H2,1-3H3,(H,36,42)(H,35,37,38). The zero-order valence-corrected chi connectivity index (χ0v) is 23.8. The molecule has 4 aromatic rings. The molecule has 2 heterocycles. The molecule has 1 amide bonds. The Morgan fingerprint density at radius 2 is 1.74 bits per heavy atom. The summed E-state index contributed by atoms with van der Waals surface area (Å²) in [4.78, 5) is 37.4. The Balaban J connectivity index is 1.69. The molecule has 1 fully saturated rings. The molecular weight excluding hydrogens is 545 g/mol. The number of hydrogen-bond acceptors (Lipinski definition) is 6. The number of rotatable bonds is 11. The van der Waals surface area contributed by atoms with E-state index in [4.69, 9.17) is 0 Å². The van der Waals surface area contributed by atoms with Gasteiger partial charge < -0.3 is 15.5 Å². The summed E-state index contributed by atoms with van der Waals surface area (Å²) in [7, 11) is 0. The summed E-state index contributed by atoms with van der Waals surface area (Å²) < 4.78 is 46.0. The van der Waals surface area contributed by atoms with Crippen LogP contribution in [0, 0.1) is 24.4 Å². The van der Waals surface area contributed by atoms with Gasteiger partial charge in [-0.2, -0.15) is 4.98 Å². The molecule has 11 heteroatoms. The van der Waals surface area contributed by atoms with Crippen LogP contribution in [0.3, 0.4) is 0 Å². The fraction of sp³-hybridized carbons (Fsp3) is 0.355. The third-order valence-corrected chi connectivity index (χ3v) is 7.51. The van der Waals surface area contributed by atoms with Gasteiger partial charge in [0.1, 0.15) is 23.1 Å². The van der Waals surface area contributed by atoms with Crippen molar-refractivity contribution in [3.63, 3.8) is 0 Å². The molecule has 220 valence electrons. The lowest BCUT2D eigenvalue weighted by Crippen LogP contribution is -2.26. The van der Waals surface area contributed by atoms with Gasteiger partial charge in [0.25, 0.3) is 11.5 Å². The summed E-state index contributed by atoms with van der Waals surface area (Å²) in [5.74, 6) is -2.81. The van der Waals surface area contributed by atoms with Crippen LogP contribution in [0.5, 0.6) is 0 Å². The number of pyridine rings is 1. The number of aromatic nitrogens is 3. The predicted molar refractivity (Wildman–Crippen MR) is 157 cm³/mol. The lowest BCUT2D eigenvalue weighted by Gasteiger charge is -2.18. The number of amides is 1. The van der Waals surface area contributed by atoms with Gasteiger partial charge in [-0.05, 0) is 81.7 Å². The van der Waals surface area contributed by atoms with Crippen LogP contribution >= 0.6 is 0 Å². The number of benzene rings is 2. The second kappa shape index (κ2) is 12.3. The van der Waals surface area contributed by atoms with E-state index in [9.17, 15) is 18.4 Å². The average molecular weight is 579 g/mol. The van der Waals surface area contributed by atoms with Gasteiger partial charge in [-0.3, -0.25) is 14.2 Å². The minimum absolute atomic E-state index is 0.0598. The maximum atomic E-state index is 15.2. The van der Waals surface area contributed by atoms with Crippen molar-refractivity contribution in [3.05, 3.63) is 81.4 Å². The highest BCUT2D eigenvalue weighted by atomic mass is 19.1. The highest BCUT2D eigenvalue weighted by Gasteiger charge is 2.26. The Hall–Kier alpha value is -4.25. The molecule has 0 radical (unpaired) electrons. The fourth-order valence-electron chi connectivity index (χ4n) is 4.91. The molecule has 1 saturated carbocycles. The van der Waals surface area contributed by atoms with Gasteiger partial charge in [0.15, 0.2) is 5.65 Å². The molecule has 0 aliphatic heterocycles. The van der Waals surface area contributed by atoms with Gasteiger partial charge in [0.2, 0.25) is 5.95 Å². The van der Waals surface area contributed by atoms with Gasteiger partial charge in [-0.25, -0.2) is 18.2 Å². The molecule has 42 heavy (non-hydrogen) atoms. The number of fused-ring (bicyclic) bond motifs is 1. The van der Waals surface area contributed by atoms with Crippen LogP contribution in [0.15, 0.2) is 47.3 Å². The molecule has 1 aliphatic rings. The average Bonchev–Trinajstić information content (AvgIpc) is 3.79. The van der Waals surface area contributed by atoms with Crippen LogP contribution in [-0.4, -0.2) is 57.6 Å². The quantitative estimate of drug-likeness (QED) is 0.238. The molecule has 0 unspecified atom stereocenters. The number of halogens is 3. The number of carbonyl (C=O) groups is 1. The van der Waals surface area contributed by atoms with E-state index in [1.807, 2.05) is 0 Å². The zero-order chi connectivity index (χ0) is 30.0. The Kier molecular flexibility index (Phi) is 8.58. The first-order valence-corrected chi connectivity index (χ1v) is 14.2. The molecule has 0 atom stereocenters. The SMILES string of the molecule is CCN(CC)CCCNc1nc(-c2cc(C(=O)NC3CC3)cc(F)c2C)c2ccc(=O)n(-c3c(F)cccc3F)c2n1. The lowest BCUT2D eigenvalue weighted by atomic mass is 9.98. The first-order valence-electron chi connectivity index (χ1n) is 14.2. The van der Waals surface area contributed by atoms with Crippen LogP contribution in [0.2, 0.25) is 0 Å². The maximum absolute atomic E-state index is 15.2.